The van der Waals surface area contributed by atoms with Gasteiger partial charge in [0.25, 0.3) is 5.56 Å². The average molecular weight is 349 g/mol. The van der Waals surface area contributed by atoms with Crippen LogP contribution < -0.4 is 5.56 Å². The van der Waals surface area contributed by atoms with Gasteiger partial charge < -0.3 is 8.83 Å². The summed E-state index contributed by atoms with van der Waals surface area (Å²) in [5, 5.41) is 2.81. The highest BCUT2D eigenvalue weighted by Crippen LogP contribution is 2.26. The summed E-state index contributed by atoms with van der Waals surface area (Å²) in [6, 6.07) is 11.4. The molecule has 4 aromatic heterocycles. The molecular weight excluding hydrogens is 338 g/mol. The van der Waals surface area contributed by atoms with E-state index in [0.29, 0.717) is 22.8 Å². The number of para-hydroxylation sites is 1. The van der Waals surface area contributed by atoms with Crippen LogP contribution in [0, 0.1) is 0 Å². The number of oxazole rings is 1. The molecule has 6 nitrogen and oxygen atoms in total. The fraction of sp³-hybridized carbons (Fsp3) is 0.0556. The highest BCUT2D eigenvalue weighted by Gasteiger charge is 2.14. The van der Waals surface area contributed by atoms with Crippen LogP contribution in [0.5, 0.6) is 0 Å². The maximum Gasteiger partial charge on any atom is 0.297 e. The maximum atomic E-state index is 12.7. The third-order valence-corrected chi connectivity index (χ3v) is 4.86. The normalized spacial score (nSPS) is 11.5. The van der Waals surface area contributed by atoms with Gasteiger partial charge in [0.2, 0.25) is 11.5 Å². The first-order chi connectivity index (χ1) is 12.3. The van der Waals surface area contributed by atoms with E-state index in [1.807, 2.05) is 41.8 Å². The van der Waals surface area contributed by atoms with Crippen molar-refractivity contribution in [1.29, 1.82) is 0 Å². The number of hydrogen-bond acceptors (Lipinski definition) is 6. The zero-order valence-corrected chi connectivity index (χ0v) is 13.7. The van der Waals surface area contributed by atoms with Crippen molar-refractivity contribution >= 4 is 33.4 Å². The van der Waals surface area contributed by atoms with E-state index in [1.165, 1.54) is 10.9 Å². The van der Waals surface area contributed by atoms with Crippen molar-refractivity contribution in [3.63, 3.8) is 0 Å². The number of fused-ring (bicyclic) bond motifs is 3. The van der Waals surface area contributed by atoms with Gasteiger partial charge in [-0.2, -0.15) is 0 Å². The number of hydrogen-bond donors (Lipinski definition) is 0. The van der Waals surface area contributed by atoms with E-state index in [9.17, 15) is 4.79 Å². The van der Waals surface area contributed by atoms with Gasteiger partial charge in [0.05, 0.1) is 17.4 Å². The second-order valence-electron chi connectivity index (χ2n) is 5.55. The zero-order valence-electron chi connectivity index (χ0n) is 12.9. The Morgan fingerprint density at radius 2 is 2.00 bits per heavy atom. The number of benzene rings is 1. The quantitative estimate of drug-likeness (QED) is 0.494. The van der Waals surface area contributed by atoms with Gasteiger partial charge in [-0.25, -0.2) is 9.97 Å². The van der Waals surface area contributed by atoms with Crippen LogP contribution in [-0.4, -0.2) is 14.5 Å². The van der Waals surface area contributed by atoms with Crippen LogP contribution in [0.3, 0.4) is 0 Å². The van der Waals surface area contributed by atoms with E-state index in [0.717, 1.165) is 10.3 Å². The summed E-state index contributed by atoms with van der Waals surface area (Å²) in [5.41, 5.74) is 1.21. The SMILES string of the molecule is O=c1c2oc3ccccc3c2ncn1Cc1ncc(-c2cccs2)o1. The summed E-state index contributed by atoms with van der Waals surface area (Å²) in [4.78, 5) is 22.3. The second-order valence-corrected chi connectivity index (χ2v) is 6.50. The smallest absolute Gasteiger partial charge is 0.297 e. The molecule has 0 radical (unpaired) electrons. The molecule has 25 heavy (non-hydrogen) atoms. The molecule has 4 heterocycles. The summed E-state index contributed by atoms with van der Waals surface area (Å²) in [7, 11) is 0. The van der Waals surface area contributed by atoms with Crippen LogP contribution >= 0.6 is 11.3 Å². The molecule has 0 aliphatic carbocycles. The number of aromatic nitrogens is 3. The highest BCUT2D eigenvalue weighted by atomic mass is 32.1. The molecule has 5 aromatic rings. The average Bonchev–Trinajstić information content (AvgIpc) is 3.36. The van der Waals surface area contributed by atoms with Gasteiger partial charge in [-0.1, -0.05) is 18.2 Å². The van der Waals surface area contributed by atoms with Crippen molar-refractivity contribution in [1.82, 2.24) is 14.5 Å². The van der Waals surface area contributed by atoms with Gasteiger partial charge in [-0.3, -0.25) is 9.36 Å². The molecular formula is C18H11N3O3S. The predicted octanol–water partition coefficient (Wildman–Crippen LogP) is 3.91. The van der Waals surface area contributed by atoms with Gasteiger partial charge in [0.1, 0.15) is 17.6 Å². The first-order valence-electron chi connectivity index (χ1n) is 7.65. The summed E-state index contributed by atoms with van der Waals surface area (Å²) in [6.45, 7) is 0.199. The first-order valence-corrected chi connectivity index (χ1v) is 8.53. The molecule has 5 rings (SSSR count). The van der Waals surface area contributed by atoms with Crippen LogP contribution in [0.25, 0.3) is 32.7 Å². The van der Waals surface area contributed by atoms with E-state index in [4.69, 9.17) is 8.83 Å². The molecule has 0 unspecified atom stereocenters. The van der Waals surface area contributed by atoms with Gasteiger partial charge in [-0.15, -0.1) is 11.3 Å². The van der Waals surface area contributed by atoms with Crippen molar-refractivity contribution in [3.8, 4) is 10.6 Å². The van der Waals surface area contributed by atoms with E-state index < -0.39 is 0 Å². The molecule has 0 saturated carbocycles. The minimum absolute atomic E-state index is 0.199. The number of nitrogens with zero attached hydrogens (tertiary/aromatic N) is 3. The molecule has 0 amide bonds. The fourth-order valence-corrected chi connectivity index (χ4v) is 3.46. The van der Waals surface area contributed by atoms with Gasteiger partial charge in [-0.05, 0) is 23.6 Å². The van der Waals surface area contributed by atoms with Crippen molar-refractivity contribution in [2.24, 2.45) is 0 Å². The third kappa shape index (κ3) is 2.28. The van der Waals surface area contributed by atoms with Crippen molar-refractivity contribution in [3.05, 3.63) is 70.5 Å². The minimum Gasteiger partial charge on any atom is -0.448 e. The van der Waals surface area contributed by atoms with Crippen molar-refractivity contribution in [2.45, 2.75) is 6.54 Å². The monoisotopic (exact) mass is 349 g/mol. The Kier molecular flexibility index (Phi) is 3.07. The first kappa shape index (κ1) is 14.2. The highest BCUT2D eigenvalue weighted by molar-refractivity contribution is 7.13. The van der Waals surface area contributed by atoms with Crippen molar-refractivity contribution in [2.75, 3.05) is 0 Å². The fourth-order valence-electron chi connectivity index (χ4n) is 2.79. The van der Waals surface area contributed by atoms with Crippen LogP contribution in [0.2, 0.25) is 0 Å². The van der Waals surface area contributed by atoms with Crippen LogP contribution in [-0.2, 0) is 6.54 Å². The Balaban J connectivity index is 1.56. The van der Waals surface area contributed by atoms with Crippen LogP contribution in [0.4, 0.5) is 0 Å². The van der Waals surface area contributed by atoms with Crippen LogP contribution in [0.15, 0.2) is 67.9 Å². The molecule has 0 N–H and O–H groups in total. The molecule has 0 aliphatic rings. The van der Waals surface area contributed by atoms with E-state index in [1.54, 1.807) is 17.5 Å². The lowest BCUT2D eigenvalue weighted by Crippen LogP contribution is -2.20. The number of furan rings is 1. The second kappa shape index (κ2) is 5.42. The maximum absolute atomic E-state index is 12.7. The Morgan fingerprint density at radius 1 is 1.08 bits per heavy atom. The Labute approximate surface area is 145 Å². The molecule has 0 saturated heterocycles. The molecule has 122 valence electrons. The topological polar surface area (TPSA) is 74.1 Å². The minimum atomic E-state index is -0.253. The van der Waals surface area contributed by atoms with Gasteiger partial charge >= 0.3 is 0 Å². The third-order valence-electron chi connectivity index (χ3n) is 3.97. The molecule has 0 atom stereocenters. The van der Waals surface area contributed by atoms with Gasteiger partial charge in [0.15, 0.2) is 5.76 Å². The largest absolute Gasteiger partial charge is 0.448 e. The lowest BCUT2D eigenvalue weighted by molar-refractivity contribution is 0.483. The molecule has 7 heteroatoms. The molecule has 0 fully saturated rings. The Morgan fingerprint density at radius 3 is 2.88 bits per heavy atom. The summed E-state index contributed by atoms with van der Waals surface area (Å²) >= 11 is 1.57. The lowest BCUT2D eigenvalue weighted by atomic mass is 10.2. The Hall–Kier alpha value is -3.19. The summed E-state index contributed by atoms with van der Waals surface area (Å²) < 4.78 is 12.9. The molecule has 1 aromatic carbocycles. The number of rotatable bonds is 3. The molecule has 0 bridgehead atoms. The standard InChI is InChI=1S/C18H11N3O3S/c22-18-17-16(11-4-1-2-5-12(11)24-17)20-10-21(18)9-15-19-8-13(23-15)14-6-3-7-25-14/h1-8,10H,9H2. The van der Waals surface area contributed by atoms with E-state index in [-0.39, 0.29) is 17.7 Å². The van der Waals surface area contributed by atoms with Gasteiger partial charge in [0, 0.05) is 5.39 Å². The summed E-state index contributed by atoms with van der Waals surface area (Å²) in [6.07, 6.45) is 3.17. The predicted molar refractivity (Wildman–Crippen MR) is 94.7 cm³/mol. The lowest BCUT2D eigenvalue weighted by Gasteiger charge is -2.01. The molecule has 0 aliphatic heterocycles. The number of thiophene rings is 1. The molecule has 0 spiro atoms. The van der Waals surface area contributed by atoms with Crippen molar-refractivity contribution < 1.29 is 8.83 Å². The Bertz CT molecular complexity index is 1250. The van der Waals surface area contributed by atoms with E-state index >= 15 is 0 Å². The summed E-state index contributed by atoms with van der Waals surface area (Å²) in [5.74, 6) is 1.14. The zero-order chi connectivity index (χ0) is 16.8. The van der Waals surface area contributed by atoms with Crippen LogP contribution in [0.1, 0.15) is 5.89 Å². The van der Waals surface area contributed by atoms with E-state index in [2.05, 4.69) is 9.97 Å².